The van der Waals surface area contributed by atoms with Crippen molar-refractivity contribution in [3.05, 3.63) is 17.5 Å². The second-order valence-corrected chi connectivity index (χ2v) is 7.30. The van der Waals surface area contributed by atoms with Gasteiger partial charge in [0.2, 0.25) is 0 Å². The molecule has 1 heterocycles. The molecule has 0 radical (unpaired) electrons. The number of hydrogen-bond acceptors (Lipinski definition) is 4. The topological polar surface area (TPSA) is 76.4 Å². The zero-order valence-corrected chi connectivity index (χ0v) is 15.3. The molecule has 6 nitrogen and oxygen atoms in total. The van der Waals surface area contributed by atoms with Crippen LogP contribution < -0.4 is 5.32 Å². The van der Waals surface area contributed by atoms with Crippen LogP contribution in [0.15, 0.2) is 6.07 Å². The first kappa shape index (κ1) is 19.5. The fourth-order valence-corrected chi connectivity index (χ4v) is 2.32. The lowest BCUT2D eigenvalue weighted by Crippen LogP contribution is -2.42. The van der Waals surface area contributed by atoms with Gasteiger partial charge in [0, 0.05) is 24.2 Å². The summed E-state index contributed by atoms with van der Waals surface area (Å²) in [5.74, 6) is 0. The molecule has 0 bridgehead atoms. The molecule has 1 unspecified atom stereocenters. The predicted octanol–water partition coefficient (Wildman–Crippen LogP) is 2.53. The van der Waals surface area contributed by atoms with Gasteiger partial charge in [-0.05, 0) is 46.6 Å². The third kappa shape index (κ3) is 6.22. The number of nitrogens with one attached hydrogen (secondary N) is 1. The zero-order valence-electron chi connectivity index (χ0n) is 15.3. The van der Waals surface area contributed by atoms with E-state index in [0.717, 1.165) is 24.4 Å². The van der Waals surface area contributed by atoms with Gasteiger partial charge in [0.05, 0.1) is 12.3 Å². The van der Waals surface area contributed by atoms with Crippen LogP contribution in [0.2, 0.25) is 0 Å². The number of amides is 1. The van der Waals surface area contributed by atoms with Crippen molar-refractivity contribution >= 4 is 6.09 Å². The minimum atomic E-state index is -0.531. The Labute approximate surface area is 139 Å². The minimum absolute atomic E-state index is 0.0286. The lowest BCUT2D eigenvalue weighted by atomic mass is 9.86. The number of aliphatic hydroxyl groups excluding tert-OH is 1. The van der Waals surface area contributed by atoms with Crippen molar-refractivity contribution in [3.8, 4) is 0 Å². The molecule has 0 spiro atoms. The van der Waals surface area contributed by atoms with Gasteiger partial charge in [0.1, 0.15) is 5.60 Å². The molecule has 1 rings (SSSR count). The van der Waals surface area contributed by atoms with Crippen LogP contribution in [0.4, 0.5) is 4.79 Å². The van der Waals surface area contributed by atoms with Crippen LogP contribution in [0.3, 0.4) is 0 Å². The molecule has 0 saturated heterocycles. The molecule has 0 aliphatic heterocycles. The van der Waals surface area contributed by atoms with E-state index < -0.39 is 17.1 Å². The highest BCUT2D eigenvalue weighted by Gasteiger charge is 2.28. The van der Waals surface area contributed by atoms with Gasteiger partial charge in [0.25, 0.3) is 0 Å². The van der Waals surface area contributed by atoms with E-state index in [9.17, 15) is 9.90 Å². The maximum atomic E-state index is 11.8. The van der Waals surface area contributed by atoms with Crippen molar-refractivity contribution in [1.82, 2.24) is 15.1 Å². The van der Waals surface area contributed by atoms with E-state index in [2.05, 4.69) is 23.4 Å². The normalized spacial score (nSPS) is 14.4. The molecule has 1 aromatic heterocycles. The number of rotatable bonds is 7. The Morgan fingerprint density at radius 1 is 1.35 bits per heavy atom. The molecular formula is C17H31N3O3. The summed E-state index contributed by atoms with van der Waals surface area (Å²) in [5, 5.41) is 17.1. The highest BCUT2D eigenvalue weighted by Crippen LogP contribution is 2.22. The number of carbonyl (C=O) groups is 1. The number of alkyl carbamates (subject to hydrolysis) is 1. The third-order valence-electron chi connectivity index (χ3n) is 3.62. The number of aromatic nitrogens is 2. The first-order valence-corrected chi connectivity index (χ1v) is 8.25. The van der Waals surface area contributed by atoms with Crippen molar-refractivity contribution < 1.29 is 14.6 Å². The Kier molecular flexibility index (Phi) is 6.62. The highest BCUT2D eigenvalue weighted by atomic mass is 16.6. The van der Waals surface area contributed by atoms with E-state index in [4.69, 9.17) is 4.74 Å². The van der Waals surface area contributed by atoms with Crippen LogP contribution in [0.5, 0.6) is 0 Å². The predicted molar refractivity (Wildman–Crippen MR) is 90.4 cm³/mol. The van der Waals surface area contributed by atoms with E-state index >= 15 is 0 Å². The summed E-state index contributed by atoms with van der Waals surface area (Å²) >= 11 is 0. The summed E-state index contributed by atoms with van der Waals surface area (Å²) < 4.78 is 7.20. The standard InChI is InChI=1S/C17H31N3O3/c1-7-13-9-14(20(8-2)19-13)10-17(6,12-21)11-18-15(22)23-16(3,4)5/h9,21H,7-8,10-12H2,1-6H3,(H,18,22). The van der Waals surface area contributed by atoms with Gasteiger partial charge in [-0.25, -0.2) is 4.79 Å². The molecule has 2 N–H and O–H groups in total. The smallest absolute Gasteiger partial charge is 0.407 e. The summed E-state index contributed by atoms with van der Waals surface area (Å²) in [6.45, 7) is 12.6. The lowest BCUT2D eigenvalue weighted by molar-refractivity contribution is 0.0477. The van der Waals surface area contributed by atoms with Gasteiger partial charge < -0.3 is 15.2 Å². The molecule has 132 valence electrons. The molecule has 1 amide bonds. The van der Waals surface area contributed by atoms with Crippen molar-refractivity contribution in [2.24, 2.45) is 5.41 Å². The second-order valence-electron chi connectivity index (χ2n) is 7.30. The maximum absolute atomic E-state index is 11.8. The molecule has 6 heteroatoms. The average molecular weight is 325 g/mol. The average Bonchev–Trinajstić information content (AvgIpc) is 2.85. The van der Waals surface area contributed by atoms with Crippen molar-refractivity contribution in [1.29, 1.82) is 0 Å². The zero-order chi connectivity index (χ0) is 17.7. The van der Waals surface area contributed by atoms with Gasteiger partial charge in [-0.15, -0.1) is 0 Å². The molecule has 1 atom stereocenters. The Bertz CT molecular complexity index is 520. The van der Waals surface area contributed by atoms with Crippen LogP contribution in [0.25, 0.3) is 0 Å². The third-order valence-corrected chi connectivity index (χ3v) is 3.62. The largest absolute Gasteiger partial charge is 0.444 e. The Hall–Kier alpha value is -1.56. The van der Waals surface area contributed by atoms with Crippen LogP contribution >= 0.6 is 0 Å². The summed E-state index contributed by atoms with van der Waals surface area (Å²) in [4.78, 5) is 11.8. The molecule has 23 heavy (non-hydrogen) atoms. The number of carbonyl (C=O) groups excluding carboxylic acids is 1. The Morgan fingerprint density at radius 3 is 2.48 bits per heavy atom. The molecule has 1 aromatic rings. The fourth-order valence-electron chi connectivity index (χ4n) is 2.32. The van der Waals surface area contributed by atoms with E-state index in [0.29, 0.717) is 13.0 Å². The number of hydrogen-bond donors (Lipinski definition) is 2. The summed E-state index contributed by atoms with van der Waals surface area (Å²) in [7, 11) is 0. The Morgan fingerprint density at radius 2 is 2.00 bits per heavy atom. The quantitative estimate of drug-likeness (QED) is 0.807. The molecule has 0 fully saturated rings. The summed E-state index contributed by atoms with van der Waals surface area (Å²) in [6.07, 6.45) is 1.06. The van der Waals surface area contributed by atoms with E-state index in [1.807, 2.05) is 39.3 Å². The van der Waals surface area contributed by atoms with Crippen LogP contribution in [0, 0.1) is 5.41 Å². The number of ether oxygens (including phenoxy) is 1. The summed E-state index contributed by atoms with van der Waals surface area (Å²) in [5.41, 5.74) is 1.12. The second kappa shape index (κ2) is 7.81. The minimum Gasteiger partial charge on any atom is -0.444 e. The van der Waals surface area contributed by atoms with E-state index in [1.165, 1.54) is 0 Å². The number of aryl methyl sites for hydroxylation is 2. The van der Waals surface area contributed by atoms with Crippen LogP contribution in [-0.2, 0) is 24.1 Å². The highest BCUT2D eigenvalue weighted by molar-refractivity contribution is 5.67. The van der Waals surface area contributed by atoms with E-state index in [-0.39, 0.29) is 6.61 Å². The van der Waals surface area contributed by atoms with Gasteiger partial charge in [-0.2, -0.15) is 5.10 Å². The lowest BCUT2D eigenvalue weighted by Gasteiger charge is -2.28. The fraction of sp³-hybridized carbons (Fsp3) is 0.765. The number of nitrogens with zero attached hydrogens (tertiary/aromatic N) is 2. The molecule has 0 aliphatic carbocycles. The molecule has 0 aromatic carbocycles. The van der Waals surface area contributed by atoms with Gasteiger partial charge in [-0.3, -0.25) is 4.68 Å². The maximum Gasteiger partial charge on any atom is 0.407 e. The molecular weight excluding hydrogens is 294 g/mol. The van der Waals surface area contributed by atoms with Crippen LogP contribution in [-0.4, -0.2) is 39.7 Å². The van der Waals surface area contributed by atoms with Crippen molar-refractivity contribution in [3.63, 3.8) is 0 Å². The van der Waals surface area contributed by atoms with Crippen LogP contribution in [0.1, 0.15) is 52.9 Å². The number of aliphatic hydroxyl groups is 1. The van der Waals surface area contributed by atoms with Crippen molar-refractivity contribution in [2.75, 3.05) is 13.2 Å². The first-order chi connectivity index (χ1) is 10.6. The molecule has 0 aliphatic rings. The van der Waals surface area contributed by atoms with Gasteiger partial charge in [-0.1, -0.05) is 13.8 Å². The first-order valence-electron chi connectivity index (χ1n) is 8.25. The van der Waals surface area contributed by atoms with Crippen molar-refractivity contribution in [2.45, 2.75) is 66.5 Å². The van der Waals surface area contributed by atoms with E-state index in [1.54, 1.807) is 0 Å². The Balaban J connectivity index is 2.74. The monoisotopic (exact) mass is 325 g/mol. The van der Waals surface area contributed by atoms with Gasteiger partial charge in [0.15, 0.2) is 0 Å². The van der Waals surface area contributed by atoms with Gasteiger partial charge >= 0.3 is 6.09 Å². The molecule has 0 saturated carbocycles. The summed E-state index contributed by atoms with van der Waals surface area (Å²) in [6, 6.07) is 2.07. The SMILES string of the molecule is CCc1cc(CC(C)(CO)CNC(=O)OC(C)(C)C)n(CC)n1.